The monoisotopic (exact) mass is 321 g/mol. The van der Waals surface area contributed by atoms with Crippen LogP contribution in [0.25, 0.3) is 0 Å². The summed E-state index contributed by atoms with van der Waals surface area (Å²) in [6, 6.07) is 9.59. The Bertz CT molecular complexity index is 485. The SMILES string of the molecule is CCOC1(OCC)CCN(CCc2ccccc2)[C@H](C(=O)O)C1. The Labute approximate surface area is 138 Å². The number of likely N-dealkylation sites (tertiary alicyclic amines) is 1. The first-order valence-corrected chi connectivity index (χ1v) is 8.39. The van der Waals surface area contributed by atoms with Gasteiger partial charge in [-0.05, 0) is 25.8 Å². The van der Waals surface area contributed by atoms with Crippen molar-refractivity contribution in [3.63, 3.8) is 0 Å². The minimum Gasteiger partial charge on any atom is -0.480 e. The summed E-state index contributed by atoms with van der Waals surface area (Å²) < 4.78 is 11.6. The first-order chi connectivity index (χ1) is 11.1. The van der Waals surface area contributed by atoms with Crippen LogP contribution in [-0.4, -0.2) is 54.1 Å². The number of carboxylic acid groups (broad SMARTS) is 1. The van der Waals surface area contributed by atoms with E-state index in [2.05, 4.69) is 12.1 Å². The molecule has 0 radical (unpaired) electrons. The van der Waals surface area contributed by atoms with E-state index >= 15 is 0 Å². The standard InChI is InChI=1S/C18H27NO4/c1-3-22-18(23-4-2)11-13-19(16(14-18)17(20)21)12-10-15-8-6-5-7-9-15/h5-9,16H,3-4,10-14H2,1-2H3,(H,20,21)/t16-/m0/s1. The lowest BCUT2D eigenvalue weighted by atomic mass is 9.95. The van der Waals surface area contributed by atoms with Crippen molar-refractivity contribution in [2.24, 2.45) is 0 Å². The fourth-order valence-corrected chi connectivity index (χ4v) is 3.25. The van der Waals surface area contributed by atoms with Gasteiger partial charge in [-0.2, -0.15) is 0 Å². The van der Waals surface area contributed by atoms with Gasteiger partial charge in [-0.1, -0.05) is 30.3 Å². The van der Waals surface area contributed by atoms with Gasteiger partial charge in [-0.15, -0.1) is 0 Å². The van der Waals surface area contributed by atoms with E-state index in [1.165, 1.54) is 5.56 Å². The number of carboxylic acids is 1. The molecule has 2 rings (SSSR count). The molecule has 1 atom stereocenters. The Kier molecular flexibility index (Phi) is 6.57. The summed E-state index contributed by atoms with van der Waals surface area (Å²) in [5.41, 5.74) is 1.23. The summed E-state index contributed by atoms with van der Waals surface area (Å²) in [6.07, 6.45) is 1.92. The molecule has 1 aromatic rings. The third-order valence-electron chi connectivity index (χ3n) is 4.36. The third kappa shape index (κ3) is 4.77. The minimum atomic E-state index is -0.804. The highest BCUT2D eigenvalue weighted by Crippen LogP contribution is 2.32. The van der Waals surface area contributed by atoms with Crippen LogP contribution in [0.2, 0.25) is 0 Å². The number of ether oxygens (including phenoxy) is 2. The normalized spacial score (nSPS) is 21.2. The van der Waals surface area contributed by atoms with Gasteiger partial charge in [0, 0.05) is 39.1 Å². The molecule has 128 valence electrons. The summed E-state index contributed by atoms with van der Waals surface area (Å²) >= 11 is 0. The maximum atomic E-state index is 11.7. The number of aliphatic carboxylic acids is 1. The Morgan fingerprint density at radius 2 is 1.91 bits per heavy atom. The van der Waals surface area contributed by atoms with Gasteiger partial charge in [0.15, 0.2) is 5.79 Å². The second-order valence-corrected chi connectivity index (χ2v) is 5.86. The van der Waals surface area contributed by atoms with Crippen LogP contribution < -0.4 is 0 Å². The van der Waals surface area contributed by atoms with Crippen molar-refractivity contribution in [3.05, 3.63) is 35.9 Å². The van der Waals surface area contributed by atoms with E-state index in [1.54, 1.807) is 0 Å². The van der Waals surface area contributed by atoms with Crippen molar-refractivity contribution in [2.75, 3.05) is 26.3 Å². The second kappa shape index (κ2) is 8.43. The number of benzene rings is 1. The van der Waals surface area contributed by atoms with Crippen molar-refractivity contribution < 1.29 is 19.4 Å². The van der Waals surface area contributed by atoms with Gasteiger partial charge in [0.05, 0.1) is 0 Å². The van der Waals surface area contributed by atoms with E-state index in [0.717, 1.165) is 13.0 Å². The average molecular weight is 321 g/mol. The molecule has 1 heterocycles. The van der Waals surface area contributed by atoms with Crippen LogP contribution in [0, 0.1) is 0 Å². The molecule has 0 aliphatic carbocycles. The molecule has 0 amide bonds. The number of hydrogen-bond acceptors (Lipinski definition) is 4. The summed E-state index contributed by atoms with van der Waals surface area (Å²) in [4.78, 5) is 13.8. The summed E-state index contributed by atoms with van der Waals surface area (Å²) in [7, 11) is 0. The predicted molar refractivity (Wildman–Crippen MR) is 88.4 cm³/mol. The first kappa shape index (κ1) is 17.9. The number of piperidine rings is 1. The van der Waals surface area contributed by atoms with Crippen molar-refractivity contribution in [1.82, 2.24) is 4.90 Å². The summed E-state index contributed by atoms with van der Waals surface area (Å²) in [5.74, 6) is -1.56. The van der Waals surface area contributed by atoms with Gasteiger partial charge in [0.2, 0.25) is 0 Å². The highest BCUT2D eigenvalue weighted by molar-refractivity contribution is 5.73. The Morgan fingerprint density at radius 1 is 1.26 bits per heavy atom. The quantitative estimate of drug-likeness (QED) is 0.746. The van der Waals surface area contributed by atoms with Crippen molar-refractivity contribution in [2.45, 2.75) is 44.9 Å². The largest absolute Gasteiger partial charge is 0.480 e. The highest BCUT2D eigenvalue weighted by Gasteiger charge is 2.44. The molecule has 0 aromatic heterocycles. The van der Waals surface area contributed by atoms with Crippen LogP contribution in [0.1, 0.15) is 32.3 Å². The molecule has 5 heteroatoms. The first-order valence-electron chi connectivity index (χ1n) is 8.39. The van der Waals surface area contributed by atoms with E-state index in [9.17, 15) is 9.90 Å². The molecule has 1 saturated heterocycles. The zero-order chi connectivity index (χ0) is 16.7. The molecule has 0 saturated carbocycles. The maximum absolute atomic E-state index is 11.7. The predicted octanol–water partition coefficient (Wildman–Crippen LogP) is 2.55. The Morgan fingerprint density at radius 3 is 2.48 bits per heavy atom. The van der Waals surface area contributed by atoms with Gasteiger partial charge in [-0.25, -0.2) is 0 Å². The van der Waals surface area contributed by atoms with E-state index in [1.807, 2.05) is 36.9 Å². The van der Waals surface area contributed by atoms with Gasteiger partial charge in [0.1, 0.15) is 6.04 Å². The van der Waals surface area contributed by atoms with Crippen LogP contribution in [0.15, 0.2) is 30.3 Å². The van der Waals surface area contributed by atoms with Crippen molar-refractivity contribution in [1.29, 1.82) is 0 Å². The molecule has 0 spiro atoms. The summed E-state index contributed by atoms with van der Waals surface area (Å²) in [6.45, 7) is 6.28. The average Bonchev–Trinajstić information content (AvgIpc) is 2.55. The van der Waals surface area contributed by atoms with Gasteiger partial charge < -0.3 is 14.6 Å². The summed E-state index contributed by atoms with van der Waals surface area (Å²) in [5, 5.41) is 9.62. The molecule has 5 nitrogen and oxygen atoms in total. The lowest BCUT2D eigenvalue weighted by molar-refractivity contribution is -0.261. The fourth-order valence-electron chi connectivity index (χ4n) is 3.25. The molecule has 1 N–H and O–H groups in total. The number of nitrogens with zero attached hydrogens (tertiary/aromatic N) is 1. The van der Waals surface area contributed by atoms with Crippen LogP contribution in [0.4, 0.5) is 0 Å². The van der Waals surface area contributed by atoms with E-state index in [0.29, 0.717) is 32.6 Å². The van der Waals surface area contributed by atoms with E-state index in [-0.39, 0.29) is 0 Å². The molecular formula is C18H27NO4. The lowest BCUT2D eigenvalue weighted by Crippen LogP contribution is -2.56. The van der Waals surface area contributed by atoms with Crippen molar-refractivity contribution >= 4 is 5.97 Å². The van der Waals surface area contributed by atoms with Gasteiger partial charge >= 0.3 is 5.97 Å². The highest BCUT2D eigenvalue weighted by atomic mass is 16.7. The van der Waals surface area contributed by atoms with Gasteiger partial charge in [0.25, 0.3) is 0 Å². The second-order valence-electron chi connectivity index (χ2n) is 5.86. The zero-order valence-corrected chi connectivity index (χ0v) is 14.0. The van der Waals surface area contributed by atoms with Crippen LogP contribution in [0.3, 0.4) is 0 Å². The van der Waals surface area contributed by atoms with Crippen LogP contribution in [-0.2, 0) is 20.7 Å². The molecular weight excluding hydrogens is 294 g/mol. The zero-order valence-electron chi connectivity index (χ0n) is 14.0. The molecule has 0 bridgehead atoms. The lowest BCUT2D eigenvalue weighted by Gasteiger charge is -2.44. The number of hydrogen-bond donors (Lipinski definition) is 1. The van der Waals surface area contributed by atoms with Crippen LogP contribution in [0.5, 0.6) is 0 Å². The Balaban J connectivity index is 2.02. The molecule has 1 fully saturated rings. The van der Waals surface area contributed by atoms with Gasteiger partial charge in [-0.3, -0.25) is 9.69 Å². The Hall–Kier alpha value is -1.43. The topological polar surface area (TPSA) is 59.0 Å². The molecule has 0 unspecified atom stereocenters. The molecule has 23 heavy (non-hydrogen) atoms. The maximum Gasteiger partial charge on any atom is 0.321 e. The fraction of sp³-hybridized carbons (Fsp3) is 0.611. The molecule has 1 aliphatic heterocycles. The molecule has 1 aliphatic rings. The smallest absolute Gasteiger partial charge is 0.321 e. The third-order valence-corrected chi connectivity index (χ3v) is 4.36. The number of carbonyl (C=O) groups is 1. The molecule has 1 aromatic carbocycles. The van der Waals surface area contributed by atoms with E-state index < -0.39 is 17.8 Å². The number of rotatable bonds is 8. The van der Waals surface area contributed by atoms with Crippen LogP contribution >= 0.6 is 0 Å². The minimum absolute atomic E-state index is 0.374. The van der Waals surface area contributed by atoms with Crippen molar-refractivity contribution in [3.8, 4) is 0 Å². The van der Waals surface area contributed by atoms with E-state index in [4.69, 9.17) is 9.47 Å².